The lowest BCUT2D eigenvalue weighted by Gasteiger charge is -2.21. The highest BCUT2D eigenvalue weighted by atomic mass is 35.5. The summed E-state index contributed by atoms with van der Waals surface area (Å²) in [6.07, 6.45) is 4.96. The van der Waals surface area contributed by atoms with Gasteiger partial charge in [-0.25, -0.2) is 4.98 Å². The van der Waals surface area contributed by atoms with E-state index in [0.717, 1.165) is 55.2 Å². The minimum Gasteiger partial charge on any atom is -0.444 e. The van der Waals surface area contributed by atoms with E-state index in [9.17, 15) is 4.79 Å². The molecule has 1 aromatic carbocycles. The molecular weight excluding hydrogens is 414 g/mol. The zero-order chi connectivity index (χ0) is 22.0. The lowest BCUT2D eigenvalue weighted by Crippen LogP contribution is -2.35. The number of benzene rings is 1. The quantitative estimate of drug-likeness (QED) is 0.593. The summed E-state index contributed by atoms with van der Waals surface area (Å²) in [6, 6.07) is 5.74. The van der Waals surface area contributed by atoms with Gasteiger partial charge >= 0.3 is 0 Å². The van der Waals surface area contributed by atoms with Crippen molar-refractivity contribution < 1.29 is 9.21 Å². The number of hydrogen-bond acceptors (Lipinski definition) is 5. The van der Waals surface area contributed by atoms with Crippen molar-refractivity contribution in [3.63, 3.8) is 0 Å². The third kappa shape index (κ3) is 5.10. The zero-order valence-electron chi connectivity index (χ0n) is 18.5. The van der Waals surface area contributed by atoms with Gasteiger partial charge in [-0.05, 0) is 18.6 Å². The van der Waals surface area contributed by atoms with Crippen LogP contribution in [0.2, 0.25) is 5.02 Å². The normalized spacial score (nSPS) is 16.1. The Labute approximate surface area is 188 Å². The van der Waals surface area contributed by atoms with E-state index in [2.05, 4.69) is 35.8 Å². The molecule has 0 atom stereocenters. The highest BCUT2D eigenvalue weighted by Gasteiger charge is 2.23. The molecule has 7 nitrogen and oxygen atoms in total. The van der Waals surface area contributed by atoms with Crippen molar-refractivity contribution in [1.82, 2.24) is 24.6 Å². The van der Waals surface area contributed by atoms with E-state index < -0.39 is 0 Å². The van der Waals surface area contributed by atoms with E-state index >= 15 is 0 Å². The van der Waals surface area contributed by atoms with Crippen molar-refractivity contribution in [1.29, 1.82) is 0 Å². The lowest BCUT2D eigenvalue weighted by molar-refractivity contribution is -0.131. The van der Waals surface area contributed by atoms with Crippen molar-refractivity contribution in [3.8, 4) is 0 Å². The second-order valence-corrected chi connectivity index (χ2v) is 9.58. The predicted octanol–water partition coefficient (Wildman–Crippen LogP) is 4.10. The molecule has 166 valence electrons. The summed E-state index contributed by atoms with van der Waals surface area (Å²) >= 11 is 6.22. The fourth-order valence-corrected chi connectivity index (χ4v) is 4.12. The van der Waals surface area contributed by atoms with Crippen molar-refractivity contribution in [2.45, 2.75) is 52.1 Å². The first-order valence-electron chi connectivity index (χ1n) is 10.9. The Kier molecular flexibility index (Phi) is 6.34. The largest absolute Gasteiger partial charge is 0.444 e. The molecule has 1 fully saturated rings. The van der Waals surface area contributed by atoms with E-state index in [1.54, 1.807) is 6.20 Å². The monoisotopic (exact) mass is 443 g/mol. The molecule has 0 aliphatic carbocycles. The molecule has 1 aliphatic rings. The maximum Gasteiger partial charge on any atom is 0.224 e. The van der Waals surface area contributed by atoms with Gasteiger partial charge in [-0.15, -0.1) is 0 Å². The number of carbonyl (C=O) groups is 1. The van der Waals surface area contributed by atoms with Gasteiger partial charge in [-0.3, -0.25) is 14.4 Å². The maximum atomic E-state index is 12.8. The van der Waals surface area contributed by atoms with Gasteiger partial charge in [0.1, 0.15) is 5.76 Å². The van der Waals surface area contributed by atoms with E-state index in [0.29, 0.717) is 24.5 Å². The molecule has 0 bridgehead atoms. The van der Waals surface area contributed by atoms with Crippen LogP contribution in [-0.2, 0) is 23.3 Å². The Balaban J connectivity index is 1.30. The Hall–Kier alpha value is -2.38. The fraction of sp³-hybridized carbons (Fsp3) is 0.522. The van der Waals surface area contributed by atoms with Crippen LogP contribution in [0.3, 0.4) is 0 Å². The van der Waals surface area contributed by atoms with Crippen LogP contribution < -0.4 is 0 Å². The van der Waals surface area contributed by atoms with Gasteiger partial charge in [-0.2, -0.15) is 5.10 Å². The summed E-state index contributed by atoms with van der Waals surface area (Å²) in [7, 11) is 0. The molecule has 0 spiro atoms. The molecule has 4 rings (SSSR count). The topological polar surface area (TPSA) is 67.4 Å². The molecule has 0 unspecified atom stereocenters. The molecule has 2 aromatic heterocycles. The molecule has 1 aliphatic heterocycles. The van der Waals surface area contributed by atoms with Gasteiger partial charge < -0.3 is 9.32 Å². The molecule has 8 heteroatoms. The van der Waals surface area contributed by atoms with Crippen LogP contribution >= 0.6 is 11.6 Å². The average Bonchev–Trinajstić information content (AvgIpc) is 3.29. The maximum absolute atomic E-state index is 12.8. The number of nitrogens with zero attached hydrogens (tertiary/aromatic N) is 5. The molecular formula is C23H30ClN5O2. The minimum atomic E-state index is -0.0432. The summed E-state index contributed by atoms with van der Waals surface area (Å²) in [5.74, 6) is 1.81. The number of aromatic nitrogens is 3. The standard InChI is InChI=1S/C23H30ClN5O2/c1-23(2,3)20-15-25-21(31-20)16-27-9-5-10-28(13-12-27)22(30)8-11-29-19-7-4-6-18(24)17(19)14-26-29/h4,6-7,14-15H,5,8-13,16H2,1-3H3. The second kappa shape index (κ2) is 9.01. The van der Waals surface area contributed by atoms with Crippen molar-refractivity contribution in [2.24, 2.45) is 0 Å². The highest BCUT2D eigenvalue weighted by molar-refractivity contribution is 6.35. The lowest BCUT2D eigenvalue weighted by atomic mass is 9.94. The number of fused-ring (bicyclic) bond motifs is 1. The Morgan fingerprint density at radius 1 is 1.16 bits per heavy atom. The van der Waals surface area contributed by atoms with Crippen LogP contribution in [0.4, 0.5) is 0 Å². The van der Waals surface area contributed by atoms with Gasteiger partial charge in [-0.1, -0.05) is 38.4 Å². The summed E-state index contributed by atoms with van der Waals surface area (Å²) in [4.78, 5) is 21.6. The number of rotatable bonds is 5. The molecule has 1 saturated heterocycles. The van der Waals surface area contributed by atoms with Crippen LogP contribution in [0.5, 0.6) is 0 Å². The second-order valence-electron chi connectivity index (χ2n) is 9.17. The number of halogens is 1. The van der Waals surface area contributed by atoms with Gasteiger partial charge in [0, 0.05) is 43.4 Å². The molecule has 3 heterocycles. The summed E-state index contributed by atoms with van der Waals surface area (Å²) in [5.41, 5.74) is 0.918. The Bertz CT molecular complexity index is 1050. The first-order valence-corrected chi connectivity index (χ1v) is 11.2. The number of aryl methyl sites for hydroxylation is 1. The Morgan fingerprint density at radius 3 is 2.77 bits per heavy atom. The van der Waals surface area contributed by atoms with Gasteiger partial charge in [0.25, 0.3) is 0 Å². The van der Waals surface area contributed by atoms with E-state index in [1.807, 2.05) is 34.0 Å². The highest BCUT2D eigenvalue weighted by Crippen LogP contribution is 2.24. The minimum absolute atomic E-state index is 0.0432. The number of hydrogen-bond donors (Lipinski definition) is 0. The summed E-state index contributed by atoms with van der Waals surface area (Å²) in [5, 5.41) is 6.01. The molecule has 0 saturated carbocycles. The Morgan fingerprint density at radius 2 is 2.00 bits per heavy atom. The average molecular weight is 444 g/mol. The van der Waals surface area contributed by atoms with Crippen molar-refractivity contribution >= 4 is 28.4 Å². The number of carbonyl (C=O) groups excluding carboxylic acids is 1. The summed E-state index contributed by atoms with van der Waals surface area (Å²) < 4.78 is 7.80. The van der Waals surface area contributed by atoms with Gasteiger partial charge in [0.2, 0.25) is 11.8 Å². The zero-order valence-corrected chi connectivity index (χ0v) is 19.2. The summed E-state index contributed by atoms with van der Waals surface area (Å²) in [6.45, 7) is 10.8. The molecule has 31 heavy (non-hydrogen) atoms. The predicted molar refractivity (Wildman–Crippen MR) is 121 cm³/mol. The van der Waals surface area contributed by atoms with Crippen molar-refractivity contribution in [3.05, 3.63) is 47.3 Å². The number of oxazole rings is 1. The molecule has 0 N–H and O–H groups in total. The van der Waals surface area contributed by atoms with E-state index in [1.165, 1.54) is 0 Å². The van der Waals surface area contributed by atoms with E-state index in [-0.39, 0.29) is 11.3 Å². The smallest absolute Gasteiger partial charge is 0.224 e. The van der Waals surface area contributed by atoms with E-state index in [4.69, 9.17) is 16.0 Å². The molecule has 1 amide bonds. The molecule has 3 aromatic rings. The van der Waals surface area contributed by atoms with Gasteiger partial charge in [0.15, 0.2) is 0 Å². The van der Waals surface area contributed by atoms with Crippen LogP contribution in [0, 0.1) is 0 Å². The van der Waals surface area contributed by atoms with Crippen molar-refractivity contribution in [2.75, 3.05) is 26.2 Å². The fourth-order valence-electron chi connectivity index (χ4n) is 3.91. The first-order chi connectivity index (χ1) is 14.8. The van der Waals surface area contributed by atoms with Crippen LogP contribution in [0.15, 0.2) is 35.0 Å². The third-order valence-electron chi connectivity index (χ3n) is 5.76. The van der Waals surface area contributed by atoms with Crippen LogP contribution in [-0.4, -0.2) is 56.7 Å². The third-order valence-corrected chi connectivity index (χ3v) is 6.09. The van der Waals surface area contributed by atoms with Crippen LogP contribution in [0.25, 0.3) is 10.9 Å². The SMILES string of the molecule is CC(C)(C)c1cnc(CN2CCCN(C(=O)CCn3ncc4c(Cl)cccc43)CC2)o1. The van der Waals surface area contributed by atoms with Crippen LogP contribution in [0.1, 0.15) is 45.3 Å². The first kappa shape index (κ1) is 21.8. The van der Waals surface area contributed by atoms with Gasteiger partial charge in [0.05, 0.1) is 36.0 Å². The molecule has 0 radical (unpaired) electrons. The number of amides is 1.